The maximum Gasteiger partial charge on any atom is 0.272 e. The highest BCUT2D eigenvalue weighted by molar-refractivity contribution is 7.89. The molecule has 1 aromatic carbocycles. The molecule has 10 heteroatoms. The van der Waals surface area contributed by atoms with E-state index in [9.17, 15) is 18.3 Å². The predicted molar refractivity (Wildman–Crippen MR) is 128 cm³/mol. The van der Waals surface area contributed by atoms with Crippen LogP contribution < -0.4 is 0 Å². The molecule has 0 radical (unpaired) electrons. The van der Waals surface area contributed by atoms with Gasteiger partial charge >= 0.3 is 0 Å². The molecule has 1 atom stereocenters. The molecule has 1 N–H and O–H groups in total. The monoisotopic (exact) mass is 482 g/mol. The summed E-state index contributed by atoms with van der Waals surface area (Å²) >= 11 is 0. The Labute approximate surface area is 196 Å². The summed E-state index contributed by atoms with van der Waals surface area (Å²) in [6, 6.07) is 9.12. The number of rotatable bonds is 4. The van der Waals surface area contributed by atoms with Gasteiger partial charge in [-0.05, 0) is 38.8 Å². The average molecular weight is 483 g/mol. The van der Waals surface area contributed by atoms with Crippen molar-refractivity contribution >= 4 is 37.6 Å². The number of furan rings is 1. The summed E-state index contributed by atoms with van der Waals surface area (Å²) in [6.07, 6.45) is 4.83. The average Bonchev–Trinajstić information content (AvgIpc) is 3.32. The van der Waals surface area contributed by atoms with Crippen molar-refractivity contribution < 1.29 is 22.7 Å². The molecule has 0 bridgehead atoms. The van der Waals surface area contributed by atoms with Gasteiger partial charge in [-0.25, -0.2) is 13.1 Å². The Morgan fingerprint density at radius 1 is 1.26 bits per heavy atom. The number of hydrogen-bond donors (Lipinski definition) is 1. The van der Waals surface area contributed by atoms with Gasteiger partial charge in [-0.3, -0.25) is 9.78 Å². The minimum Gasteiger partial charge on any atom is -0.464 e. The molecule has 178 valence electrons. The van der Waals surface area contributed by atoms with Gasteiger partial charge in [0.1, 0.15) is 29.1 Å². The number of carbonyl (C=O) groups is 1. The van der Waals surface area contributed by atoms with E-state index in [4.69, 9.17) is 4.42 Å². The summed E-state index contributed by atoms with van der Waals surface area (Å²) in [6.45, 7) is 4.26. The number of amides is 1. The number of pyridine rings is 1. The smallest absolute Gasteiger partial charge is 0.272 e. The minimum absolute atomic E-state index is 0.204. The molecule has 9 nitrogen and oxygen atoms in total. The Morgan fingerprint density at radius 3 is 2.76 bits per heavy atom. The number of carbonyl (C=O) groups excluding carboxylic acids is 1. The molecule has 5 rings (SSSR count). The molecule has 0 spiro atoms. The number of benzene rings is 1. The molecule has 4 aromatic rings. The quantitative estimate of drug-likeness (QED) is 0.474. The molecule has 1 unspecified atom stereocenters. The van der Waals surface area contributed by atoms with Crippen LogP contribution in [0.5, 0.6) is 0 Å². The van der Waals surface area contributed by atoms with Crippen molar-refractivity contribution in [1.29, 1.82) is 0 Å². The van der Waals surface area contributed by atoms with Crippen LogP contribution in [0.15, 0.2) is 47.2 Å². The van der Waals surface area contributed by atoms with E-state index in [-0.39, 0.29) is 17.5 Å². The van der Waals surface area contributed by atoms with Crippen LogP contribution in [0.1, 0.15) is 37.2 Å². The van der Waals surface area contributed by atoms with E-state index in [0.29, 0.717) is 41.6 Å². The fourth-order valence-corrected chi connectivity index (χ4v) is 5.39. The number of piperidine rings is 1. The van der Waals surface area contributed by atoms with Crippen LogP contribution in [0.4, 0.5) is 0 Å². The highest BCUT2D eigenvalue weighted by Gasteiger charge is 2.38. The number of likely N-dealkylation sites (tertiary alicyclic amines) is 1. The molecule has 34 heavy (non-hydrogen) atoms. The number of aliphatic hydroxyl groups is 1. The van der Waals surface area contributed by atoms with Crippen molar-refractivity contribution in [2.75, 3.05) is 12.8 Å². The summed E-state index contributed by atoms with van der Waals surface area (Å²) in [5.41, 5.74) is 2.13. The third-order valence-corrected chi connectivity index (χ3v) is 7.06. The van der Waals surface area contributed by atoms with Crippen molar-refractivity contribution in [1.82, 2.24) is 19.7 Å². The Hall–Kier alpha value is -3.24. The van der Waals surface area contributed by atoms with Gasteiger partial charge in [0.15, 0.2) is 9.84 Å². The molecule has 1 aliphatic heterocycles. The highest BCUT2D eigenvalue weighted by atomic mass is 32.2. The van der Waals surface area contributed by atoms with E-state index in [1.165, 1.54) is 4.68 Å². The third kappa shape index (κ3) is 3.97. The molecule has 3 aromatic heterocycles. The van der Waals surface area contributed by atoms with Crippen molar-refractivity contribution in [3.8, 4) is 11.3 Å². The van der Waals surface area contributed by atoms with Crippen LogP contribution in [-0.4, -0.2) is 63.5 Å². The van der Waals surface area contributed by atoms with Crippen LogP contribution >= 0.6 is 0 Å². The van der Waals surface area contributed by atoms with Gasteiger partial charge in [-0.1, -0.05) is 18.2 Å². The first-order valence-electron chi connectivity index (χ1n) is 11.0. The predicted octanol–water partition coefficient (Wildman–Crippen LogP) is 3.22. The number of nitrogens with zero attached hydrogens (tertiary/aromatic N) is 4. The zero-order valence-electron chi connectivity index (χ0n) is 19.2. The molecule has 1 amide bonds. The first kappa shape index (κ1) is 22.5. The Kier molecular flexibility index (Phi) is 5.25. The Balaban J connectivity index is 1.64. The largest absolute Gasteiger partial charge is 0.464 e. The lowest BCUT2D eigenvalue weighted by molar-refractivity contribution is 0.00293. The number of sulfone groups is 1. The van der Waals surface area contributed by atoms with E-state index in [2.05, 4.69) is 10.1 Å². The Bertz CT molecular complexity index is 1520. The lowest BCUT2D eigenvalue weighted by atomic mass is 9.88. The van der Waals surface area contributed by atoms with Gasteiger partial charge in [0, 0.05) is 40.9 Å². The fourth-order valence-electron chi connectivity index (χ4n) is 4.75. The molecule has 1 saturated heterocycles. The SMILES string of the molecule is CC1(C)CC(O)CCN1C(=O)c1cc2c(cn1)c(-c1coc3ccccc13)nn2CS(C)(=O)=O. The summed E-state index contributed by atoms with van der Waals surface area (Å²) in [5.74, 6) is -0.598. The molecule has 1 fully saturated rings. The fraction of sp³-hybridized carbons (Fsp3) is 0.375. The van der Waals surface area contributed by atoms with Crippen LogP contribution in [-0.2, 0) is 15.7 Å². The van der Waals surface area contributed by atoms with Crippen molar-refractivity contribution in [3.05, 3.63) is 48.5 Å². The van der Waals surface area contributed by atoms with Crippen LogP contribution in [0, 0.1) is 0 Å². The maximum absolute atomic E-state index is 13.4. The van der Waals surface area contributed by atoms with Gasteiger partial charge < -0.3 is 14.4 Å². The van der Waals surface area contributed by atoms with E-state index < -0.39 is 21.5 Å². The summed E-state index contributed by atoms with van der Waals surface area (Å²) in [7, 11) is -3.41. The van der Waals surface area contributed by atoms with Gasteiger partial charge in [0.25, 0.3) is 5.91 Å². The number of hydrogen-bond acceptors (Lipinski definition) is 7. The molecule has 0 saturated carbocycles. The normalized spacial score (nSPS) is 18.6. The van der Waals surface area contributed by atoms with Crippen LogP contribution in [0.25, 0.3) is 33.1 Å². The number of aromatic nitrogens is 3. The molecular formula is C24H26N4O5S. The van der Waals surface area contributed by atoms with Crippen molar-refractivity contribution in [2.45, 2.75) is 44.2 Å². The number of aliphatic hydroxyl groups excluding tert-OH is 1. The third-order valence-electron chi connectivity index (χ3n) is 6.34. The van der Waals surface area contributed by atoms with Gasteiger partial charge in [0.2, 0.25) is 0 Å². The standard InChI is InChI=1S/C24H26N4O5S/c1-24(2)11-15(29)8-9-27(24)23(30)19-10-20-17(12-25-19)22(26-28(20)14-34(3,31)32)18-13-33-21-7-5-4-6-16(18)21/h4-7,10,12-13,15,29H,8-9,11,14H2,1-3H3. The molecular weight excluding hydrogens is 456 g/mol. The first-order chi connectivity index (χ1) is 16.0. The Morgan fingerprint density at radius 2 is 2.03 bits per heavy atom. The highest BCUT2D eigenvalue weighted by Crippen LogP contribution is 2.35. The first-order valence-corrected chi connectivity index (χ1v) is 13.1. The number of para-hydroxylation sites is 1. The summed E-state index contributed by atoms with van der Waals surface area (Å²) < 4.78 is 31.3. The van der Waals surface area contributed by atoms with Crippen molar-refractivity contribution in [3.63, 3.8) is 0 Å². The van der Waals surface area contributed by atoms with Crippen LogP contribution in [0.2, 0.25) is 0 Å². The van der Waals surface area contributed by atoms with Gasteiger partial charge in [-0.15, -0.1) is 0 Å². The number of fused-ring (bicyclic) bond motifs is 2. The zero-order chi connectivity index (χ0) is 24.3. The van der Waals surface area contributed by atoms with E-state index >= 15 is 0 Å². The zero-order valence-corrected chi connectivity index (χ0v) is 20.0. The topological polar surface area (TPSA) is 119 Å². The summed E-state index contributed by atoms with van der Waals surface area (Å²) in [5, 5.41) is 16.1. The lowest BCUT2D eigenvalue weighted by Crippen LogP contribution is -2.54. The molecule has 4 heterocycles. The van der Waals surface area contributed by atoms with Gasteiger partial charge in [-0.2, -0.15) is 5.10 Å². The van der Waals surface area contributed by atoms with Crippen LogP contribution in [0.3, 0.4) is 0 Å². The molecule has 0 aliphatic carbocycles. The molecule has 1 aliphatic rings. The summed E-state index contributed by atoms with van der Waals surface area (Å²) in [4.78, 5) is 19.5. The minimum atomic E-state index is -3.41. The lowest BCUT2D eigenvalue weighted by Gasteiger charge is -2.44. The second-order valence-electron chi connectivity index (χ2n) is 9.55. The maximum atomic E-state index is 13.4. The van der Waals surface area contributed by atoms with E-state index in [0.717, 1.165) is 17.2 Å². The van der Waals surface area contributed by atoms with Gasteiger partial charge in [0.05, 0.1) is 11.6 Å². The van der Waals surface area contributed by atoms with Crippen molar-refractivity contribution in [2.24, 2.45) is 0 Å². The second kappa shape index (κ2) is 7.92. The second-order valence-corrected chi connectivity index (χ2v) is 11.7. The van der Waals surface area contributed by atoms with E-state index in [1.54, 1.807) is 23.4 Å². The van der Waals surface area contributed by atoms with E-state index in [1.807, 2.05) is 38.1 Å².